The van der Waals surface area contributed by atoms with Gasteiger partial charge in [0.25, 0.3) is 0 Å². The number of ether oxygens (including phenoxy) is 2. The van der Waals surface area contributed by atoms with Gasteiger partial charge in [0, 0.05) is 55.2 Å². The average molecular weight is 556 g/mol. The number of esters is 1. The van der Waals surface area contributed by atoms with Crippen LogP contribution in [-0.2, 0) is 14.3 Å². The summed E-state index contributed by atoms with van der Waals surface area (Å²) in [5.74, 6) is 2.52. The fraction of sp³-hybridized carbons (Fsp3) is 0.500. The second kappa shape index (κ2) is 13.6. The van der Waals surface area contributed by atoms with Gasteiger partial charge in [-0.15, -0.1) is 0 Å². The van der Waals surface area contributed by atoms with E-state index in [2.05, 4.69) is 42.3 Å². The van der Waals surface area contributed by atoms with Crippen LogP contribution < -0.4 is 4.74 Å². The van der Waals surface area contributed by atoms with Crippen LogP contribution in [-0.4, -0.2) is 54.3 Å². The molecule has 1 N–H and O–H groups in total. The van der Waals surface area contributed by atoms with E-state index < -0.39 is 6.10 Å². The van der Waals surface area contributed by atoms with Crippen molar-refractivity contribution in [2.45, 2.75) is 45.1 Å². The molecule has 0 amide bonds. The Labute approximate surface area is 233 Å². The smallest absolute Gasteiger partial charge is 0.302 e. The lowest BCUT2D eigenvalue weighted by Gasteiger charge is -2.36. The van der Waals surface area contributed by atoms with Crippen molar-refractivity contribution in [2.24, 2.45) is 28.7 Å². The van der Waals surface area contributed by atoms with Crippen LogP contribution in [0.3, 0.4) is 0 Å². The zero-order valence-corrected chi connectivity index (χ0v) is 23.9. The van der Waals surface area contributed by atoms with Crippen molar-refractivity contribution in [2.75, 3.05) is 25.2 Å². The second-order valence-electron chi connectivity index (χ2n) is 10.3. The minimum Gasteiger partial charge on any atom is -0.504 e. The van der Waals surface area contributed by atoms with E-state index in [0.29, 0.717) is 30.6 Å². The van der Waals surface area contributed by atoms with Gasteiger partial charge in [-0.05, 0) is 41.5 Å². The number of hydrogen-bond donors (Lipinski definition) is 1. The number of rotatable bonds is 6. The number of benzene rings is 1. The van der Waals surface area contributed by atoms with Crippen molar-refractivity contribution >= 4 is 39.6 Å². The van der Waals surface area contributed by atoms with Crippen molar-refractivity contribution in [3.05, 3.63) is 59.7 Å². The molecule has 204 valence electrons. The Morgan fingerprint density at radius 2 is 1.95 bits per heavy atom. The first-order chi connectivity index (χ1) is 18.4. The Kier molecular flexibility index (Phi) is 10.2. The van der Waals surface area contributed by atoms with Crippen LogP contribution in [0.1, 0.15) is 44.6 Å². The van der Waals surface area contributed by atoms with Gasteiger partial charge in [0.1, 0.15) is 11.9 Å². The van der Waals surface area contributed by atoms with Crippen molar-refractivity contribution in [1.82, 2.24) is 0 Å². The molecule has 0 radical (unpaired) electrons. The molecule has 0 aromatic heterocycles. The molecule has 6 nitrogen and oxygen atoms in total. The fourth-order valence-corrected chi connectivity index (χ4v) is 8.34. The minimum atomic E-state index is -0.509. The molecule has 2 aliphatic heterocycles. The molecular weight excluding hydrogens is 518 g/mol. The number of Topliss-reactive ketones (excluding diaryl/α,β-unsaturated/α-hetero) is 1. The number of phenols is 1. The Bertz CT molecular complexity index is 1130. The normalized spacial score (nSPS) is 30.0. The molecule has 3 aliphatic rings. The lowest BCUT2D eigenvalue weighted by molar-refractivity contribution is -0.151. The Morgan fingerprint density at radius 1 is 1.16 bits per heavy atom. The number of allylic oxidation sites excluding steroid dienone is 5. The highest BCUT2D eigenvalue weighted by molar-refractivity contribution is 8.76. The van der Waals surface area contributed by atoms with Gasteiger partial charge in [0.15, 0.2) is 11.5 Å². The molecule has 1 saturated heterocycles. The van der Waals surface area contributed by atoms with Crippen LogP contribution in [0.5, 0.6) is 11.5 Å². The summed E-state index contributed by atoms with van der Waals surface area (Å²) in [4.78, 5) is 30.4. The predicted octanol–water partition coefficient (Wildman–Crippen LogP) is 6.17. The molecule has 2 heterocycles. The van der Waals surface area contributed by atoms with E-state index in [9.17, 15) is 14.7 Å². The summed E-state index contributed by atoms with van der Waals surface area (Å²) in [7, 11) is 5.10. The largest absolute Gasteiger partial charge is 0.504 e. The lowest BCUT2D eigenvalue weighted by Crippen LogP contribution is -2.37. The predicted molar refractivity (Wildman–Crippen MR) is 156 cm³/mol. The second-order valence-corrected chi connectivity index (χ2v) is 12.8. The number of aliphatic imine (C=N–C) groups is 1. The highest BCUT2D eigenvalue weighted by atomic mass is 33.1. The standard InChI is InChI=1S/C30H37NO5S2/c1-19-6-4-5-7-21(19)13-26-27(23-10-11-31-16-23)18-38-37-17-24(12-25(33)15-29(26)36-20(2)32)22-8-9-28(34)30(14-22)35-3/h4-10,14,16,19,21,24,26-27,29,34H,11-13,15,17-18H2,1-3H3/t19-,21+,24+,26-,27-,29-/m0/s1. The van der Waals surface area contributed by atoms with Gasteiger partial charge in [-0.3, -0.25) is 14.6 Å². The van der Waals surface area contributed by atoms with Crippen molar-refractivity contribution in [3.63, 3.8) is 0 Å². The summed E-state index contributed by atoms with van der Waals surface area (Å²) in [6, 6.07) is 5.30. The molecule has 4 rings (SSSR count). The van der Waals surface area contributed by atoms with Crippen molar-refractivity contribution in [1.29, 1.82) is 0 Å². The summed E-state index contributed by atoms with van der Waals surface area (Å²) in [5.41, 5.74) is 2.13. The molecule has 1 fully saturated rings. The van der Waals surface area contributed by atoms with Crippen LogP contribution >= 0.6 is 21.6 Å². The first-order valence-electron chi connectivity index (χ1n) is 13.2. The number of aromatic hydroxyl groups is 1. The molecule has 0 spiro atoms. The number of phenolic OH excluding ortho intramolecular Hbond substituents is 1. The third kappa shape index (κ3) is 7.35. The number of ketones is 1. The molecule has 0 saturated carbocycles. The van der Waals surface area contributed by atoms with Gasteiger partial charge in [0.05, 0.1) is 13.7 Å². The number of carbonyl (C=O) groups excluding carboxylic acids is 2. The minimum absolute atomic E-state index is 0.0133. The van der Waals surface area contributed by atoms with E-state index in [0.717, 1.165) is 23.5 Å². The zero-order chi connectivity index (χ0) is 27.1. The van der Waals surface area contributed by atoms with E-state index in [-0.39, 0.29) is 41.7 Å². The van der Waals surface area contributed by atoms with E-state index >= 15 is 0 Å². The molecule has 1 aromatic rings. The Balaban J connectivity index is 1.66. The third-order valence-corrected chi connectivity index (χ3v) is 10.2. The average Bonchev–Trinajstić information content (AvgIpc) is 3.41. The van der Waals surface area contributed by atoms with E-state index in [1.807, 2.05) is 18.3 Å². The Hall–Kier alpha value is -2.45. The highest BCUT2D eigenvalue weighted by Gasteiger charge is 2.38. The number of carbonyl (C=O) groups is 2. The van der Waals surface area contributed by atoms with E-state index in [4.69, 9.17) is 9.47 Å². The van der Waals surface area contributed by atoms with Crippen molar-refractivity contribution < 1.29 is 24.2 Å². The monoisotopic (exact) mass is 555 g/mol. The maximum absolute atomic E-state index is 13.6. The van der Waals surface area contributed by atoms with Gasteiger partial charge in [-0.2, -0.15) is 0 Å². The van der Waals surface area contributed by atoms with Crippen molar-refractivity contribution in [3.8, 4) is 11.5 Å². The Morgan fingerprint density at radius 3 is 2.66 bits per heavy atom. The van der Waals surface area contributed by atoms with Crippen LogP contribution in [0.4, 0.5) is 0 Å². The molecule has 6 atom stereocenters. The van der Waals surface area contributed by atoms with Crippen LogP contribution in [0, 0.1) is 23.7 Å². The maximum Gasteiger partial charge on any atom is 0.302 e. The van der Waals surface area contributed by atoms with Crippen LogP contribution in [0.2, 0.25) is 0 Å². The SMILES string of the molecule is COc1cc([C@H]2CSSC[C@@H](C3=CCN=C3)[C@H](C[C@H]3C=CC=C[C@@H]3C)[C@@H](OC(C)=O)CC(=O)C2)ccc1O. The highest BCUT2D eigenvalue weighted by Crippen LogP contribution is 2.43. The lowest BCUT2D eigenvalue weighted by atomic mass is 9.73. The van der Waals surface area contributed by atoms with Crippen LogP contribution in [0.25, 0.3) is 0 Å². The molecule has 1 aromatic carbocycles. The van der Waals surface area contributed by atoms with Gasteiger partial charge < -0.3 is 14.6 Å². The van der Waals surface area contributed by atoms with Gasteiger partial charge in [-0.25, -0.2) is 0 Å². The molecular formula is C30H37NO5S2. The quantitative estimate of drug-likeness (QED) is 0.332. The number of methoxy groups -OCH3 is 1. The molecule has 8 heteroatoms. The summed E-state index contributed by atoms with van der Waals surface area (Å²) >= 11 is 0. The first kappa shape index (κ1) is 28.6. The number of hydrogen-bond acceptors (Lipinski definition) is 8. The van der Waals surface area contributed by atoms with E-state index in [1.54, 1.807) is 27.7 Å². The molecule has 0 bridgehead atoms. The van der Waals surface area contributed by atoms with Gasteiger partial charge in [0.2, 0.25) is 0 Å². The topological polar surface area (TPSA) is 85.2 Å². The maximum atomic E-state index is 13.6. The zero-order valence-electron chi connectivity index (χ0n) is 22.2. The van der Waals surface area contributed by atoms with Gasteiger partial charge in [-0.1, -0.05) is 65.0 Å². The summed E-state index contributed by atoms with van der Waals surface area (Å²) in [6.45, 7) is 4.31. The molecule has 1 aliphatic carbocycles. The fourth-order valence-electron chi connectivity index (χ4n) is 5.58. The molecule has 38 heavy (non-hydrogen) atoms. The van der Waals surface area contributed by atoms with Gasteiger partial charge >= 0.3 is 5.97 Å². The third-order valence-electron chi connectivity index (χ3n) is 7.69. The first-order valence-corrected chi connectivity index (χ1v) is 15.7. The van der Waals surface area contributed by atoms with E-state index in [1.165, 1.54) is 19.6 Å². The summed E-state index contributed by atoms with van der Waals surface area (Å²) < 4.78 is 11.3. The summed E-state index contributed by atoms with van der Waals surface area (Å²) in [5, 5.41) is 10.1. The summed E-state index contributed by atoms with van der Waals surface area (Å²) in [6.07, 6.45) is 13.6. The molecule has 0 unspecified atom stereocenters. The van der Waals surface area contributed by atoms with Crippen LogP contribution in [0.15, 0.2) is 59.1 Å². The number of nitrogens with zero attached hydrogens (tertiary/aromatic N) is 1.